The topological polar surface area (TPSA) is 697 Å². The van der Waals surface area contributed by atoms with Crippen LogP contribution in [0.5, 0.6) is 0 Å². The minimum Gasteiger partial charge on any atom is -0.387 e. The molecule has 0 bridgehead atoms. The number of nitrogen functional groups attached to an aromatic ring is 4. The summed E-state index contributed by atoms with van der Waals surface area (Å²) in [6.07, 6.45) is -22.3. The lowest BCUT2D eigenvalue weighted by Crippen LogP contribution is -2.37. The number of ether oxygens (including phenoxy) is 4. The van der Waals surface area contributed by atoms with Gasteiger partial charge in [-0.05, 0) is 0 Å². The van der Waals surface area contributed by atoms with E-state index in [0.717, 1.165) is 68.9 Å². The normalized spacial score (nSPS) is 30.7. The molecular formula is C40H51N20O28P5. The maximum atomic E-state index is 14.2. The lowest BCUT2D eigenvalue weighted by Gasteiger charge is -2.25. The van der Waals surface area contributed by atoms with Gasteiger partial charge in [0.15, 0.2) is 70.8 Å². The molecule has 53 heteroatoms. The van der Waals surface area contributed by atoms with Crippen LogP contribution in [0.1, 0.15) is 24.9 Å². The molecular weight excluding hydrogens is 1360 g/mol. The summed E-state index contributed by atoms with van der Waals surface area (Å²) in [5, 5.41) is 46.3. The quantitative estimate of drug-likeness (QED) is 0.0255. The van der Waals surface area contributed by atoms with Crippen LogP contribution in [0, 0.1) is 0 Å². The first kappa shape index (κ1) is 66.6. The van der Waals surface area contributed by atoms with E-state index in [1.807, 2.05) is 0 Å². The zero-order valence-electron chi connectivity index (χ0n) is 46.2. The molecule has 12 heterocycles. The first-order valence-electron chi connectivity index (χ1n) is 26.3. The number of aromatic nitrogens is 16. The molecule has 4 fully saturated rings. The highest BCUT2D eigenvalue weighted by Crippen LogP contribution is 2.55. The van der Waals surface area contributed by atoms with Crippen molar-refractivity contribution < 1.29 is 133 Å². The van der Waals surface area contributed by atoms with Crippen molar-refractivity contribution in [3.8, 4) is 0 Å². The first-order valence-corrected chi connectivity index (χ1v) is 33.9. The van der Waals surface area contributed by atoms with Crippen LogP contribution in [-0.2, 0) is 78.0 Å². The van der Waals surface area contributed by atoms with Crippen molar-refractivity contribution in [1.29, 1.82) is 0 Å². The number of hydrogen-bond acceptors (Lipinski definition) is 37. The number of nitrogens with zero attached hydrogens (tertiary/aromatic N) is 16. The van der Waals surface area contributed by atoms with Crippen LogP contribution in [-0.4, -0.2) is 232 Å². The van der Waals surface area contributed by atoms with Crippen LogP contribution in [0.25, 0.3) is 44.7 Å². The van der Waals surface area contributed by atoms with E-state index < -0.39 is 164 Å². The molecule has 0 radical (unpaired) electrons. The molecule has 8 aromatic rings. The standard InChI is InChI=1S/C40H51N20O28P5/c41-29-17-33(49-5-45-29)57(9-53-17)37-25(85-90(68,69)70)21(61)14(82-37)2-78-91(71,72)87-27-23(63)16(84-39(27)59-11-55-19-31(43)47-7-51-35(19)59)4-80-93(75,76)88-28-24(64)15(83-40(28)60-12-56-20-32(44)48-8-52-36(20)60)3-79-92(73,74)86-26-22(62)13(1-77-89(65,66)67)81-38(26)58-10-54-18-30(42)46-6-50-34(18)58/h5-16,21-28,37-40,61-64H,1-4H2,(H,71,72)(H,73,74)(H,75,76)(H2,41,45,49)(H2,42,46,50)(H2,43,47,51)(H2,44,48,52)(H2,65,66,67)(H2,68,69,70)/t13-,14-,15-,16-,21-,22+,23-,24+,25-,26-,27-,28-,37-,38-,39-,40-/m1/s1. The van der Waals surface area contributed by atoms with Crippen molar-refractivity contribution in [2.24, 2.45) is 0 Å². The molecule has 19 N–H and O–H groups in total. The summed E-state index contributed by atoms with van der Waals surface area (Å²) >= 11 is 0. The zero-order chi connectivity index (χ0) is 66.4. The van der Waals surface area contributed by atoms with E-state index in [9.17, 15) is 77.5 Å². The molecule has 4 saturated heterocycles. The fourth-order valence-corrected chi connectivity index (χ4v) is 14.1. The summed E-state index contributed by atoms with van der Waals surface area (Å²) in [6.45, 7) is -4.43. The lowest BCUT2D eigenvalue weighted by molar-refractivity contribution is -0.0655. The number of aliphatic hydroxyl groups excluding tert-OH is 4. The maximum absolute atomic E-state index is 14.2. The Labute approximate surface area is 514 Å². The maximum Gasteiger partial charge on any atom is 0.472 e. The number of hydrogen-bond donors (Lipinski definition) is 15. The van der Waals surface area contributed by atoms with E-state index >= 15 is 0 Å². The smallest absolute Gasteiger partial charge is 0.387 e. The van der Waals surface area contributed by atoms with Gasteiger partial charge in [-0.2, -0.15) is 0 Å². The van der Waals surface area contributed by atoms with Crippen LogP contribution >= 0.6 is 39.1 Å². The highest BCUT2D eigenvalue weighted by molar-refractivity contribution is 7.48. The fourth-order valence-electron chi connectivity index (χ4n) is 10.4. The summed E-state index contributed by atoms with van der Waals surface area (Å²) in [6, 6.07) is 0. The van der Waals surface area contributed by atoms with E-state index in [0.29, 0.717) is 0 Å². The molecule has 19 atom stereocenters. The number of phosphoric ester groups is 5. The van der Waals surface area contributed by atoms with Gasteiger partial charge in [-0.3, -0.25) is 54.5 Å². The Balaban J connectivity index is 0.757. The third-order valence-electron chi connectivity index (χ3n) is 14.5. The Morgan fingerprint density at radius 2 is 0.591 bits per heavy atom. The van der Waals surface area contributed by atoms with Crippen molar-refractivity contribution in [2.45, 2.75) is 98.2 Å². The highest BCUT2D eigenvalue weighted by atomic mass is 31.2. The molecule has 0 aliphatic carbocycles. The third kappa shape index (κ3) is 13.6. The molecule has 12 rings (SSSR count). The van der Waals surface area contributed by atoms with Gasteiger partial charge >= 0.3 is 39.1 Å². The van der Waals surface area contributed by atoms with Gasteiger partial charge in [0, 0.05) is 0 Å². The summed E-state index contributed by atoms with van der Waals surface area (Å²) < 4.78 is 135. The van der Waals surface area contributed by atoms with Crippen LogP contribution in [0.3, 0.4) is 0 Å². The second-order valence-electron chi connectivity index (χ2n) is 20.4. The third-order valence-corrected chi connectivity index (χ3v) is 18.5. The number of rotatable bonds is 24. The molecule has 48 nitrogen and oxygen atoms in total. The highest BCUT2D eigenvalue weighted by Gasteiger charge is 2.56. The predicted octanol–water partition coefficient (Wildman–Crippen LogP) is -4.20. The van der Waals surface area contributed by atoms with Gasteiger partial charge in [0.05, 0.1) is 51.7 Å². The Morgan fingerprint density at radius 3 is 0.828 bits per heavy atom. The number of aliphatic hydroxyl groups is 4. The van der Waals surface area contributed by atoms with Gasteiger partial charge in [-0.25, -0.2) is 82.6 Å². The lowest BCUT2D eigenvalue weighted by atomic mass is 10.1. The molecule has 4 aliphatic heterocycles. The van der Waals surface area contributed by atoms with Crippen LogP contribution in [0.15, 0.2) is 50.6 Å². The summed E-state index contributed by atoms with van der Waals surface area (Å²) in [5.74, 6) is -0.560. The molecule has 0 aromatic carbocycles. The summed E-state index contributed by atoms with van der Waals surface area (Å²) in [5.41, 5.74) is 23.4. The summed E-state index contributed by atoms with van der Waals surface area (Å²) in [7, 11) is -27.4. The minimum atomic E-state index is -5.68. The summed E-state index contributed by atoms with van der Waals surface area (Å²) in [4.78, 5) is 120. The van der Waals surface area contributed by atoms with E-state index in [4.69, 9.17) is 73.5 Å². The molecule has 3 unspecified atom stereocenters. The molecule has 504 valence electrons. The number of imidazole rings is 4. The fraction of sp³-hybridized carbons (Fsp3) is 0.500. The largest absolute Gasteiger partial charge is 0.472 e. The number of fused-ring (bicyclic) bond motifs is 4. The van der Waals surface area contributed by atoms with Crippen molar-refractivity contribution in [2.75, 3.05) is 49.4 Å². The Bertz CT molecular complexity index is 4350. The monoisotopic (exact) mass is 1410 g/mol. The van der Waals surface area contributed by atoms with Crippen molar-refractivity contribution >= 4 is 107 Å². The van der Waals surface area contributed by atoms with Gasteiger partial charge in [-0.1, -0.05) is 0 Å². The molecule has 0 amide bonds. The second-order valence-corrected chi connectivity index (χ2v) is 27.1. The molecule has 4 aliphatic rings. The van der Waals surface area contributed by atoms with Crippen molar-refractivity contribution in [1.82, 2.24) is 78.1 Å². The van der Waals surface area contributed by atoms with Crippen LogP contribution in [0.2, 0.25) is 0 Å². The van der Waals surface area contributed by atoms with Gasteiger partial charge in [-0.15, -0.1) is 0 Å². The Kier molecular flexibility index (Phi) is 18.1. The van der Waals surface area contributed by atoms with Crippen molar-refractivity contribution in [3.05, 3.63) is 50.6 Å². The van der Waals surface area contributed by atoms with Gasteiger partial charge in [0.1, 0.15) is 121 Å². The van der Waals surface area contributed by atoms with E-state index in [1.54, 1.807) is 0 Å². The number of phosphoric acid groups is 5. The average molecular weight is 1410 g/mol. The van der Waals surface area contributed by atoms with E-state index in [-0.39, 0.29) is 67.9 Å². The predicted molar refractivity (Wildman–Crippen MR) is 295 cm³/mol. The number of nitrogens with two attached hydrogens (primary N) is 4. The SMILES string of the molecule is Nc1ncnc2c1ncn2[C@@H]1O[C@H](COP(=O)(O)O)[C@H](O)[C@H]1OP(=O)(O)OC[C@H]1O[C@@H](n2cnc3c(N)ncnc32)[C@H](OP(=O)(O)OC[C@H]2O[C@@H](n3cnc4c(N)ncnc43)[C@H](OP(=O)(O)OC[C@H]3O[C@@H](n4cnc5c(N)ncnc54)[C@H](OP(=O)(O)O)[C@@H]3O)[C@@H]2O)[C@H]1O. The van der Waals surface area contributed by atoms with E-state index in [2.05, 4.69) is 64.3 Å². The zero-order valence-corrected chi connectivity index (χ0v) is 50.7. The van der Waals surface area contributed by atoms with E-state index in [1.165, 1.54) is 0 Å². The van der Waals surface area contributed by atoms with Crippen molar-refractivity contribution in [3.63, 3.8) is 0 Å². The molecule has 0 saturated carbocycles. The van der Waals surface area contributed by atoms with Gasteiger partial charge in [0.2, 0.25) is 0 Å². The molecule has 93 heavy (non-hydrogen) atoms. The van der Waals surface area contributed by atoms with Gasteiger partial charge < -0.3 is 96.6 Å². The molecule has 0 spiro atoms. The second kappa shape index (κ2) is 25.3. The first-order chi connectivity index (χ1) is 43.8. The van der Waals surface area contributed by atoms with Crippen LogP contribution < -0.4 is 22.9 Å². The van der Waals surface area contributed by atoms with Gasteiger partial charge in [0.25, 0.3) is 0 Å². The Morgan fingerprint density at radius 1 is 0.355 bits per heavy atom. The average Bonchev–Trinajstić information content (AvgIpc) is 1.65. The Hall–Kier alpha value is -6.37. The number of anilines is 4. The molecule has 8 aromatic heterocycles. The minimum absolute atomic E-state index is 0.000116. The van der Waals surface area contributed by atoms with Crippen LogP contribution in [0.4, 0.5) is 23.3 Å².